The Morgan fingerprint density at radius 1 is 1.22 bits per heavy atom. The number of nitrogens with one attached hydrogen (secondary N) is 1. The van der Waals surface area contributed by atoms with Crippen LogP contribution in [0.5, 0.6) is 0 Å². The van der Waals surface area contributed by atoms with Gasteiger partial charge in [-0.2, -0.15) is 0 Å². The van der Waals surface area contributed by atoms with Gasteiger partial charge in [0.05, 0.1) is 18.7 Å². The third-order valence-corrected chi connectivity index (χ3v) is 5.09. The van der Waals surface area contributed by atoms with E-state index in [1.165, 1.54) is 7.11 Å². The van der Waals surface area contributed by atoms with Crippen molar-refractivity contribution < 1.29 is 24.2 Å². The Hall–Kier alpha value is -2.15. The lowest BCUT2D eigenvalue weighted by atomic mass is 9.76. The Kier molecular flexibility index (Phi) is 5.20. The van der Waals surface area contributed by atoms with E-state index in [1.807, 2.05) is 13.8 Å². The predicted molar refractivity (Wildman–Crippen MR) is 83.9 cm³/mol. The normalized spacial score (nSPS) is 21.0. The van der Waals surface area contributed by atoms with Crippen LogP contribution in [0.1, 0.15) is 36.4 Å². The first-order chi connectivity index (χ1) is 10.8. The molecule has 1 amide bonds. The second-order valence-electron chi connectivity index (χ2n) is 5.65. The van der Waals surface area contributed by atoms with Crippen molar-refractivity contribution in [2.24, 2.45) is 11.8 Å². The molecule has 1 heterocycles. The van der Waals surface area contributed by atoms with Crippen molar-refractivity contribution in [1.82, 2.24) is 0 Å². The molecular weight excluding hydrogens is 318 g/mol. The first-order valence-electron chi connectivity index (χ1n) is 7.17. The number of carbonyl (C=O) groups excluding carboxylic acids is 3. The van der Waals surface area contributed by atoms with Crippen LogP contribution >= 0.6 is 11.3 Å². The van der Waals surface area contributed by atoms with Crippen LogP contribution in [0.4, 0.5) is 5.69 Å². The summed E-state index contributed by atoms with van der Waals surface area (Å²) in [5.41, 5.74) is 2.34. The molecular formula is C16H18NO5S-. The molecule has 0 saturated carbocycles. The van der Waals surface area contributed by atoms with Crippen molar-refractivity contribution in [3.05, 3.63) is 27.5 Å². The second-order valence-corrected chi connectivity index (χ2v) is 6.56. The lowest BCUT2D eigenvalue weighted by molar-refractivity contribution is -0.313. The number of ether oxygens (including phenoxy) is 1. The summed E-state index contributed by atoms with van der Waals surface area (Å²) in [6.07, 6.45) is 0.674. The molecule has 1 aliphatic carbocycles. The maximum absolute atomic E-state index is 12.5. The quantitative estimate of drug-likeness (QED) is 0.665. The van der Waals surface area contributed by atoms with Gasteiger partial charge in [-0.1, -0.05) is 11.1 Å². The van der Waals surface area contributed by atoms with Crippen molar-refractivity contribution in [2.45, 2.75) is 26.7 Å². The van der Waals surface area contributed by atoms with Crippen molar-refractivity contribution in [3.63, 3.8) is 0 Å². The molecule has 23 heavy (non-hydrogen) atoms. The molecule has 2 rings (SSSR count). The van der Waals surface area contributed by atoms with Gasteiger partial charge in [0.1, 0.15) is 4.88 Å². The Morgan fingerprint density at radius 2 is 1.83 bits per heavy atom. The minimum absolute atomic E-state index is 0.283. The van der Waals surface area contributed by atoms with Crippen molar-refractivity contribution >= 4 is 34.9 Å². The molecule has 0 aromatic carbocycles. The SMILES string of the molecule is COC(=O)c1sccc1NC(=O)[C@H]1CC(C)=C(C)C[C@H]1C(=O)[O-]. The molecule has 6 nitrogen and oxygen atoms in total. The number of thiophene rings is 1. The molecule has 0 bridgehead atoms. The van der Waals surface area contributed by atoms with E-state index in [1.54, 1.807) is 11.4 Å². The maximum Gasteiger partial charge on any atom is 0.350 e. The molecule has 1 aromatic rings. The van der Waals surface area contributed by atoms with Crippen LogP contribution < -0.4 is 10.4 Å². The van der Waals surface area contributed by atoms with Gasteiger partial charge in [-0.05, 0) is 38.1 Å². The number of hydrogen-bond acceptors (Lipinski definition) is 6. The van der Waals surface area contributed by atoms with Crippen LogP contribution in [-0.4, -0.2) is 25.0 Å². The summed E-state index contributed by atoms with van der Waals surface area (Å²) < 4.78 is 4.66. The zero-order valence-corrected chi connectivity index (χ0v) is 14.0. The number of methoxy groups -OCH3 is 1. The van der Waals surface area contributed by atoms with Gasteiger partial charge in [0.2, 0.25) is 5.91 Å². The Balaban J connectivity index is 2.21. The molecule has 0 saturated heterocycles. The summed E-state index contributed by atoms with van der Waals surface area (Å²) >= 11 is 1.15. The summed E-state index contributed by atoms with van der Waals surface area (Å²) in [5.74, 6) is -3.76. The number of carbonyl (C=O) groups is 3. The van der Waals surface area contributed by atoms with Gasteiger partial charge in [0.25, 0.3) is 0 Å². The van der Waals surface area contributed by atoms with E-state index in [0.29, 0.717) is 18.5 Å². The largest absolute Gasteiger partial charge is 0.550 e. The second kappa shape index (κ2) is 6.95. The fourth-order valence-electron chi connectivity index (χ4n) is 2.70. The van der Waals surface area contributed by atoms with Gasteiger partial charge in [-0.15, -0.1) is 11.3 Å². The molecule has 0 unspecified atom stereocenters. The number of esters is 1. The molecule has 0 spiro atoms. The first kappa shape index (κ1) is 17.2. The van der Waals surface area contributed by atoms with E-state index < -0.39 is 29.7 Å². The average molecular weight is 336 g/mol. The standard InChI is InChI=1S/C16H19NO5S/c1-8-6-10(11(15(19)20)7-9(8)2)14(18)17-12-4-5-23-13(12)16(21)22-3/h4-5,10-11H,6-7H2,1-3H3,(H,17,18)(H,19,20)/p-1/t10-,11+/m0/s1. The molecule has 1 aromatic heterocycles. The van der Waals surface area contributed by atoms with E-state index in [-0.39, 0.29) is 4.88 Å². The van der Waals surface area contributed by atoms with E-state index >= 15 is 0 Å². The van der Waals surface area contributed by atoms with Gasteiger partial charge in [0.15, 0.2) is 0 Å². The van der Waals surface area contributed by atoms with Gasteiger partial charge in [-0.3, -0.25) is 4.79 Å². The zero-order valence-electron chi connectivity index (χ0n) is 13.2. The Bertz CT molecular complexity index is 676. The number of rotatable bonds is 4. The topological polar surface area (TPSA) is 95.5 Å². The molecule has 1 N–H and O–H groups in total. The third kappa shape index (κ3) is 3.61. The molecule has 1 aliphatic rings. The summed E-state index contributed by atoms with van der Waals surface area (Å²) in [5, 5.41) is 15.7. The van der Waals surface area contributed by atoms with E-state index in [2.05, 4.69) is 10.1 Å². The summed E-state index contributed by atoms with van der Waals surface area (Å²) in [6.45, 7) is 3.76. The van der Waals surface area contributed by atoms with Gasteiger partial charge in [-0.25, -0.2) is 4.79 Å². The van der Waals surface area contributed by atoms with Crippen LogP contribution in [0.2, 0.25) is 0 Å². The highest BCUT2D eigenvalue weighted by Crippen LogP contribution is 2.35. The highest BCUT2D eigenvalue weighted by atomic mass is 32.1. The van der Waals surface area contributed by atoms with E-state index in [4.69, 9.17) is 0 Å². The van der Waals surface area contributed by atoms with Crippen LogP contribution in [-0.2, 0) is 14.3 Å². The number of carboxylic acid groups (broad SMARTS) is 1. The number of aliphatic carboxylic acids is 1. The molecule has 0 aliphatic heterocycles. The summed E-state index contributed by atoms with van der Waals surface area (Å²) in [7, 11) is 1.26. The number of amides is 1. The highest BCUT2D eigenvalue weighted by Gasteiger charge is 2.34. The van der Waals surface area contributed by atoms with Gasteiger partial charge < -0.3 is 20.0 Å². The Labute approximate surface area is 138 Å². The smallest absolute Gasteiger partial charge is 0.350 e. The number of anilines is 1. The number of hydrogen-bond donors (Lipinski definition) is 1. The molecule has 124 valence electrons. The predicted octanol–water partition coefficient (Wildman–Crippen LogP) is 1.59. The molecule has 7 heteroatoms. The summed E-state index contributed by atoms with van der Waals surface area (Å²) in [4.78, 5) is 35.8. The van der Waals surface area contributed by atoms with Crippen molar-refractivity contribution in [2.75, 3.05) is 12.4 Å². The van der Waals surface area contributed by atoms with Crippen LogP contribution in [0.15, 0.2) is 22.6 Å². The van der Waals surface area contributed by atoms with Crippen LogP contribution in [0, 0.1) is 11.8 Å². The van der Waals surface area contributed by atoms with Gasteiger partial charge >= 0.3 is 5.97 Å². The van der Waals surface area contributed by atoms with Crippen molar-refractivity contribution in [3.8, 4) is 0 Å². The zero-order chi connectivity index (χ0) is 17.1. The average Bonchev–Trinajstić information content (AvgIpc) is 2.96. The van der Waals surface area contributed by atoms with E-state index in [0.717, 1.165) is 22.5 Å². The number of allylic oxidation sites excluding steroid dienone is 2. The Morgan fingerprint density at radius 3 is 2.39 bits per heavy atom. The molecule has 0 radical (unpaired) electrons. The van der Waals surface area contributed by atoms with E-state index in [9.17, 15) is 19.5 Å². The van der Waals surface area contributed by atoms with Gasteiger partial charge in [0, 0.05) is 11.9 Å². The third-order valence-electron chi connectivity index (χ3n) is 4.20. The lowest BCUT2D eigenvalue weighted by Crippen LogP contribution is -2.42. The lowest BCUT2D eigenvalue weighted by Gasteiger charge is -2.32. The fourth-order valence-corrected chi connectivity index (χ4v) is 3.47. The minimum atomic E-state index is -1.23. The minimum Gasteiger partial charge on any atom is -0.550 e. The maximum atomic E-state index is 12.5. The number of carboxylic acids is 1. The van der Waals surface area contributed by atoms with Crippen LogP contribution in [0.3, 0.4) is 0 Å². The molecule has 0 fully saturated rings. The van der Waals surface area contributed by atoms with Crippen molar-refractivity contribution in [1.29, 1.82) is 0 Å². The highest BCUT2D eigenvalue weighted by molar-refractivity contribution is 7.12. The monoisotopic (exact) mass is 336 g/mol. The van der Waals surface area contributed by atoms with Crippen LogP contribution in [0.25, 0.3) is 0 Å². The first-order valence-corrected chi connectivity index (χ1v) is 8.05. The fraction of sp³-hybridized carbons (Fsp3) is 0.438. The molecule has 2 atom stereocenters. The summed E-state index contributed by atoms with van der Waals surface area (Å²) in [6, 6.07) is 1.60.